The molecule has 1 heterocycles. The summed E-state index contributed by atoms with van der Waals surface area (Å²) < 4.78 is 22.7. The summed E-state index contributed by atoms with van der Waals surface area (Å²) in [5.74, 6) is -0.360. The van der Waals surface area contributed by atoms with Crippen LogP contribution in [0.15, 0.2) is 11.1 Å². The first-order valence-electron chi connectivity index (χ1n) is 4.91. The normalized spacial score (nSPS) is 11.4. The Morgan fingerprint density at radius 2 is 2.12 bits per heavy atom. The molecular formula is C9H13N3O4S. The van der Waals surface area contributed by atoms with Crippen LogP contribution in [0.4, 0.5) is 11.5 Å². The van der Waals surface area contributed by atoms with Crippen LogP contribution in [-0.2, 0) is 16.3 Å². The van der Waals surface area contributed by atoms with Crippen molar-refractivity contribution >= 4 is 21.3 Å². The van der Waals surface area contributed by atoms with Gasteiger partial charge in [0.2, 0.25) is 5.82 Å². The van der Waals surface area contributed by atoms with Crippen molar-refractivity contribution in [3.05, 3.63) is 21.7 Å². The quantitative estimate of drug-likeness (QED) is 0.635. The number of nitrogen functional groups attached to an aromatic ring is 1. The Morgan fingerprint density at radius 3 is 2.53 bits per heavy atom. The van der Waals surface area contributed by atoms with Gasteiger partial charge in [-0.15, -0.1) is 0 Å². The third-order valence-electron chi connectivity index (χ3n) is 2.16. The summed E-state index contributed by atoms with van der Waals surface area (Å²) in [6.45, 7) is 1.83. The number of rotatable bonds is 4. The number of pyridine rings is 1. The molecule has 1 rings (SSSR count). The molecule has 0 spiro atoms. The fraction of sp³-hybridized carbons (Fsp3) is 0.444. The molecule has 0 aliphatic heterocycles. The first-order chi connectivity index (χ1) is 7.77. The molecule has 0 bridgehead atoms. The molecule has 0 radical (unpaired) electrons. The standard InChI is InChI=1S/C9H13N3O4S/c1-3-4-6-5-7(17(2,15)16)11-9(10)8(6)12(13)14/h5H,3-4H2,1-2H3,(H2,10,11). The molecule has 0 aromatic carbocycles. The van der Waals surface area contributed by atoms with Gasteiger partial charge in [-0.25, -0.2) is 13.4 Å². The Kier molecular flexibility index (Phi) is 3.66. The van der Waals surface area contributed by atoms with Crippen LogP contribution in [0.1, 0.15) is 18.9 Å². The van der Waals surface area contributed by atoms with Crippen molar-refractivity contribution in [2.45, 2.75) is 24.8 Å². The molecule has 17 heavy (non-hydrogen) atoms. The smallest absolute Gasteiger partial charge is 0.314 e. The SMILES string of the molecule is CCCc1cc(S(C)(=O)=O)nc(N)c1[N+](=O)[O-]. The summed E-state index contributed by atoms with van der Waals surface area (Å²) in [6, 6.07) is 1.22. The zero-order chi connectivity index (χ0) is 13.2. The van der Waals surface area contributed by atoms with Crippen LogP contribution in [0.2, 0.25) is 0 Å². The average molecular weight is 259 g/mol. The molecule has 2 N–H and O–H groups in total. The molecule has 0 amide bonds. The Balaban J connectivity index is 3.52. The van der Waals surface area contributed by atoms with Gasteiger partial charge in [0, 0.05) is 11.8 Å². The summed E-state index contributed by atoms with van der Waals surface area (Å²) in [7, 11) is -3.52. The van der Waals surface area contributed by atoms with Crippen LogP contribution in [0.5, 0.6) is 0 Å². The van der Waals surface area contributed by atoms with E-state index in [0.29, 0.717) is 18.4 Å². The average Bonchev–Trinajstić information content (AvgIpc) is 2.15. The Bertz CT molecular complexity index is 554. The number of aromatic nitrogens is 1. The van der Waals surface area contributed by atoms with Gasteiger partial charge in [0.1, 0.15) is 0 Å². The van der Waals surface area contributed by atoms with Crippen LogP contribution in [0.3, 0.4) is 0 Å². The maximum Gasteiger partial charge on any atom is 0.314 e. The van der Waals surface area contributed by atoms with Crippen molar-refractivity contribution in [2.24, 2.45) is 0 Å². The summed E-state index contributed by atoms with van der Waals surface area (Å²) in [4.78, 5) is 13.7. The van der Waals surface area contributed by atoms with Crippen LogP contribution < -0.4 is 5.73 Å². The van der Waals surface area contributed by atoms with Crippen LogP contribution >= 0.6 is 0 Å². The third-order valence-corrected chi connectivity index (χ3v) is 3.13. The molecule has 94 valence electrons. The second-order valence-corrected chi connectivity index (χ2v) is 5.60. The summed E-state index contributed by atoms with van der Waals surface area (Å²) in [5, 5.41) is 10.6. The van der Waals surface area contributed by atoms with Gasteiger partial charge in [0.05, 0.1) is 4.92 Å². The molecular weight excluding hydrogens is 246 g/mol. The van der Waals surface area contributed by atoms with E-state index >= 15 is 0 Å². The zero-order valence-corrected chi connectivity index (χ0v) is 10.3. The van der Waals surface area contributed by atoms with Gasteiger partial charge >= 0.3 is 5.69 Å². The molecule has 1 aromatic rings. The van der Waals surface area contributed by atoms with E-state index in [1.807, 2.05) is 6.92 Å². The Hall–Kier alpha value is -1.70. The highest BCUT2D eigenvalue weighted by atomic mass is 32.2. The molecule has 0 atom stereocenters. The van der Waals surface area contributed by atoms with Gasteiger partial charge in [0.25, 0.3) is 0 Å². The second kappa shape index (κ2) is 4.66. The Labute approximate surface area is 98.7 Å². The van der Waals surface area contributed by atoms with E-state index in [1.165, 1.54) is 6.07 Å². The second-order valence-electron chi connectivity index (χ2n) is 3.63. The van der Waals surface area contributed by atoms with E-state index < -0.39 is 14.8 Å². The minimum atomic E-state index is -3.52. The van der Waals surface area contributed by atoms with E-state index in [4.69, 9.17) is 5.73 Å². The van der Waals surface area contributed by atoms with Crippen LogP contribution in [0, 0.1) is 10.1 Å². The molecule has 0 unspecified atom stereocenters. The summed E-state index contributed by atoms with van der Waals surface area (Å²) in [6.07, 6.45) is 2.01. The first-order valence-corrected chi connectivity index (χ1v) is 6.80. The van der Waals surface area contributed by atoms with E-state index in [9.17, 15) is 18.5 Å². The van der Waals surface area contributed by atoms with Gasteiger partial charge in [-0.1, -0.05) is 13.3 Å². The van der Waals surface area contributed by atoms with E-state index in [0.717, 1.165) is 6.26 Å². The lowest BCUT2D eigenvalue weighted by molar-refractivity contribution is -0.384. The summed E-state index contributed by atoms with van der Waals surface area (Å²) >= 11 is 0. The maximum absolute atomic E-state index is 11.3. The summed E-state index contributed by atoms with van der Waals surface area (Å²) in [5.41, 5.74) is 5.42. The number of nitro groups is 1. The van der Waals surface area contributed by atoms with E-state index in [-0.39, 0.29) is 16.5 Å². The molecule has 0 fully saturated rings. The lowest BCUT2D eigenvalue weighted by Gasteiger charge is -2.06. The third kappa shape index (κ3) is 2.90. The van der Waals surface area contributed by atoms with Crippen molar-refractivity contribution in [1.29, 1.82) is 0 Å². The lowest BCUT2D eigenvalue weighted by atomic mass is 10.1. The first kappa shape index (κ1) is 13.4. The van der Waals surface area contributed by atoms with E-state index in [2.05, 4.69) is 4.98 Å². The maximum atomic E-state index is 11.3. The monoisotopic (exact) mass is 259 g/mol. The van der Waals surface area contributed by atoms with Crippen molar-refractivity contribution < 1.29 is 13.3 Å². The zero-order valence-electron chi connectivity index (χ0n) is 9.50. The molecule has 1 aromatic heterocycles. The topological polar surface area (TPSA) is 116 Å². The highest BCUT2D eigenvalue weighted by Crippen LogP contribution is 2.27. The number of hydrogen-bond donors (Lipinski definition) is 1. The van der Waals surface area contributed by atoms with Gasteiger partial charge < -0.3 is 5.73 Å². The van der Waals surface area contributed by atoms with Crippen molar-refractivity contribution in [1.82, 2.24) is 4.98 Å². The molecule has 0 aliphatic rings. The molecule has 0 aliphatic carbocycles. The number of sulfone groups is 1. The van der Waals surface area contributed by atoms with Gasteiger partial charge in [0.15, 0.2) is 14.9 Å². The predicted molar refractivity (Wildman–Crippen MR) is 62.4 cm³/mol. The highest BCUT2D eigenvalue weighted by Gasteiger charge is 2.23. The number of hydrogen-bond acceptors (Lipinski definition) is 6. The van der Waals surface area contributed by atoms with Gasteiger partial charge in [-0.3, -0.25) is 10.1 Å². The fourth-order valence-corrected chi connectivity index (χ4v) is 2.07. The van der Waals surface area contributed by atoms with Crippen LogP contribution in [-0.4, -0.2) is 24.6 Å². The minimum Gasteiger partial charge on any atom is -0.378 e. The number of nitrogens with two attached hydrogens (primary N) is 1. The van der Waals surface area contributed by atoms with Crippen molar-refractivity contribution in [3.63, 3.8) is 0 Å². The molecule has 8 heteroatoms. The Morgan fingerprint density at radius 1 is 1.53 bits per heavy atom. The van der Waals surface area contributed by atoms with E-state index in [1.54, 1.807) is 0 Å². The minimum absolute atomic E-state index is 0.232. The highest BCUT2D eigenvalue weighted by molar-refractivity contribution is 7.90. The fourth-order valence-electron chi connectivity index (χ4n) is 1.45. The lowest BCUT2D eigenvalue weighted by Crippen LogP contribution is -2.08. The van der Waals surface area contributed by atoms with Crippen molar-refractivity contribution in [2.75, 3.05) is 12.0 Å². The van der Waals surface area contributed by atoms with Crippen LogP contribution in [0.25, 0.3) is 0 Å². The number of anilines is 1. The number of aryl methyl sites for hydroxylation is 1. The molecule has 7 nitrogen and oxygen atoms in total. The number of nitrogens with zero attached hydrogens (tertiary/aromatic N) is 2. The molecule has 0 saturated heterocycles. The van der Waals surface area contributed by atoms with Gasteiger partial charge in [-0.05, 0) is 12.5 Å². The predicted octanol–water partition coefficient (Wildman–Crippen LogP) is 0.928. The van der Waals surface area contributed by atoms with Gasteiger partial charge in [-0.2, -0.15) is 0 Å². The van der Waals surface area contributed by atoms with Crippen molar-refractivity contribution in [3.8, 4) is 0 Å². The molecule has 0 saturated carbocycles. The largest absolute Gasteiger partial charge is 0.378 e.